The molecule has 1 aliphatic heterocycles. The number of carbonyl (C=O) groups excluding carboxylic acids is 1. The van der Waals surface area contributed by atoms with Crippen molar-refractivity contribution in [2.24, 2.45) is 0 Å². The average Bonchev–Trinajstić information content (AvgIpc) is 3.18. The molecule has 7 nitrogen and oxygen atoms in total. The molecule has 0 saturated heterocycles. The number of fused-ring (bicyclic) bond motifs is 1. The third kappa shape index (κ3) is 3.81. The van der Waals surface area contributed by atoms with Crippen molar-refractivity contribution in [3.05, 3.63) is 53.9 Å². The summed E-state index contributed by atoms with van der Waals surface area (Å²) >= 11 is 0. The summed E-state index contributed by atoms with van der Waals surface area (Å²) < 4.78 is 16.3. The van der Waals surface area contributed by atoms with Crippen molar-refractivity contribution in [2.45, 2.75) is 32.7 Å². The fourth-order valence-corrected chi connectivity index (χ4v) is 3.18. The quantitative estimate of drug-likeness (QED) is 0.667. The molecule has 0 bridgehead atoms. The summed E-state index contributed by atoms with van der Waals surface area (Å²) in [5.41, 5.74) is 2.62. The zero-order chi connectivity index (χ0) is 20.6. The zero-order valence-corrected chi connectivity index (χ0v) is 16.9. The third-order valence-electron chi connectivity index (χ3n) is 4.86. The van der Waals surface area contributed by atoms with Crippen LogP contribution in [0.25, 0.3) is 11.4 Å². The van der Waals surface area contributed by atoms with Crippen molar-refractivity contribution in [1.29, 1.82) is 0 Å². The van der Waals surface area contributed by atoms with E-state index < -0.39 is 0 Å². The summed E-state index contributed by atoms with van der Waals surface area (Å²) in [6, 6.07) is 13.3. The molecule has 7 heteroatoms. The molecule has 29 heavy (non-hydrogen) atoms. The predicted molar refractivity (Wildman–Crippen MR) is 108 cm³/mol. The minimum Gasteiger partial charge on any atom is -0.497 e. The van der Waals surface area contributed by atoms with Crippen LogP contribution in [-0.4, -0.2) is 29.8 Å². The number of anilines is 1. The number of carbonyl (C=O) groups is 1. The molecule has 1 aromatic heterocycles. The normalized spacial score (nSPS) is 13.8. The number of ether oxygens (including phenoxy) is 2. The maximum Gasteiger partial charge on any atom is 0.265 e. The van der Waals surface area contributed by atoms with Gasteiger partial charge in [-0.2, -0.15) is 4.98 Å². The molecule has 1 amide bonds. The van der Waals surface area contributed by atoms with Gasteiger partial charge in [0.2, 0.25) is 11.7 Å². The monoisotopic (exact) mass is 393 g/mol. The largest absolute Gasteiger partial charge is 0.497 e. The predicted octanol–water partition coefficient (Wildman–Crippen LogP) is 3.97. The number of benzene rings is 2. The van der Waals surface area contributed by atoms with Gasteiger partial charge in [0.25, 0.3) is 5.91 Å². The van der Waals surface area contributed by atoms with E-state index in [2.05, 4.69) is 30.9 Å². The summed E-state index contributed by atoms with van der Waals surface area (Å²) in [7, 11) is 1.60. The first-order valence-electron chi connectivity index (χ1n) is 9.40. The molecular weight excluding hydrogens is 370 g/mol. The number of amides is 1. The first-order valence-corrected chi connectivity index (χ1v) is 9.40. The van der Waals surface area contributed by atoms with Gasteiger partial charge in [-0.1, -0.05) is 44.1 Å². The van der Waals surface area contributed by atoms with Crippen LogP contribution in [-0.2, 0) is 16.8 Å². The van der Waals surface area contributed by atoms with Gasteiger partial charge < -0.3 is 14.0 Å². The highest BCUT2D eigenvalue weighted by Crippen LogP contribution is 2.37. The van der Waals surface area contributed by atoms with E-state index in [4.69, 9.17) is 14.0 Å². The van der Waals surface area contributed by atoms with Crippen LogP contribution in [0, 0.1) is 0 Å². The van der Waals surface area contributed by atoms with Crippen molar-refractivity contribution in [2.75, 3.05) is 18.6 Å². The molecule has 0 unspecified atom stereocenters. The van der Waals surface area contributed by atoms with Crippen molar-refractivity contribution in [3.63, 3.8) is 0 Å². The average molecular weight is 393 g/mol. The third-order valence-corrected chi connectivity index (χ3v) is 4.86. The summed E-state index contributed by atoms with van der Waals surface area (Å²) in [6.45, 7) is 6.58. The minimum absolute atomic E-state index is 0.0111. The van der Waals surface area contributed by atoms with Crippen LogP contribution < -0.4 is 14.4 Å². The molecule has 0 saturated carbocycles. The lowest BCUT2D eigenvalue weighted by molar-refractivity contribution is -0.121. The lowest BCUT2D eigenvalue weighted by Gasteiger charge is -2.30. The minimum atomic E-state index is -0.151. The van der Waals surface area contributed by atoms with E-state index in [-0.39, 0.29) is 24.5 Å². The Balaban J connectivity index is 1.60. The molecule has 0 spiro atoms. The molecule has 0 N–H and O–H groups in total. The highest BCUT2D eigenvalue weighted by Gasteiger charge is 2.29. The van der Waals surface area contributed by atoms with E-state index in [1.807, 2.05) is 42.5 Å². The first-order chi connectivity index (χ1) is 13.8. The van der Waals surface area contributed by atoms with Crippen LogP contribution in [0.2, 0.25) is 0 Å². The Bertz CT molecular complexity index is 1050. The Labute approximate surface area is 169 Å². The second-order valence-corrected chi connectivity index (χ2v) is 7.94. The van der Waals surface area contributed by atoms with Crippen LogP contribution in [0.1, 0.15) is 32.2 Å². The molecule has 0 radical (unpaired) electrons. The molecule has 4 rings (SSSR count). The molecule has 150 valence electrons. The Morgan fingerprint density at radius 2 is 2.00 bits per heavy atom. The number of rotatable bonds is 4. The summed E-state index contributed by atoms with van der Waals surface area (Å²) in [5.74, 6) is 2.04. The molecule has 2 heterocycles. The SMILES string of the molecule is COc1cccc(-c2noc(CN3C(=O)COc4cc(C(C)(C)C)ccc43)n2)c1. The second kappa shape index (κ2) is 7.24. The van der Waals surface area contributed by atoms with E-state index in [1.165, 1.54) is 0 Å². The molecular formula is C22H23N3O4. The zero-order valence-electron chi connectivity index (χ0n) is 16.9. The smallest absolute Gasteiger partial charge is 0.265 e. The fourth-order valence-electron chi connectivity index (χ4n) is 3.18. The number of methoxy groups -OCH3 is 1. The highest BCUT2D eigenvalue weighted by atomic mass is 16.5. The molecule has 2 aromatic carbocycles. The van der Waals surface area contributed by atoms with Gasteiger partial charge in [-0.25, -0.2) is 0 Å². The van der Waals surface area contributed by atoms with Crippen LogP contribution in [0.5, 0.6) is 11.5 Å². The molecule has 1 aliphatic rings. The van der Waals surface area contributed by atoms with Gasteiger partial charge in [-0.15, -0.1) is 0 Å². The van der Waals surface area contributed by atoms with Crippen molar-refractivity contribution in [3.8, 4) is 22.9 Å². The lowest BCUT2D eigenvalue weighted by atomic mass is 9.86. The van der Waals surface area contributed by atoms with Gasteiger partial charge >= 0.3 is 0 Å². The first kappa shape index (κ1) is 19.0. The Morgan fingerprint density at radius 3 is 2.76 bits per heavy atom. The van der Waals surface area contributed by atoms with Gasteiger partial charge in [0.15, 0.2) is 6.61 Å². The molecule has 3 aromatic rings. The Hall–Kier alpha value is -3.35. The van der Waals surface area contributed by atoms with E-state index in [0.29, 0.717) is 28.9 Å². The molecule has 0 aliphatic carbocycles. The van der Waals surface area contributed by atoms with Gasteiger partial charge in [0.05, 0.1) is 12.8 Å². The van der Waals surface area contributed by atoms with Gasteiger partial charge in [0.1, 0.15) is 18.0 Å². The summed E-state index contributed by atoms with van der Waals surface area (Å²) in [5, 5.41) is 4.04. The Morgan fingerprint density at radius 1 is 1.17 bits per heavy atom. The standard InChI is InChI=1S/C22H23N3O4/c1-22(2,3)15-8-9-17-18(11-15)28-13-20(26)25(17)12-19-23-21(24-29-19)14-6-5-7-16(10-14)27-4/h5-11H,12-13H2,1-4H3. The van der Waals surface area contributed by atoms with E-state index in [1.54, 1.807) is 12.0 Å². The van der Waals surface area contributed by atoms with Crippen molar-refractivity contribution >= 4 is 11.6 Å². The number of hydrogen-bond acceptors (Lipinski definition) is 6. The molecule has 0 fully saturated rings. The second-order valence-electron chi connectivity index (χ2n) is 7.94. The van der Waals surface area contributed by atoms with Gasteiger partial charge in [-0.3, -0.25) is 9.69 Å². The van der Waals surface area contributed by atoms with Crippen LogP contribution >= 0.6 is 0 Å². The maximum atomic E-state index is 12.5. The van der Waals surface area contributed by atoms with Crippen molar-refractivity contribution < 1.29 is 18.8 Å². The fraction of sp³-hybridized carbons (Fsp3) is 0.318. The van der Waals surface area contributed by atoms with Gasteiger partial charge in [-0.05, 0) is 35.2 Å². The Kier molecular flexibility index (Phi) is 4.74. The lowest BCUT2D eigenvalue weighted by Crippen LogP contribution is -2.38. The van der Waals surface area contributed by atoms with Crippen LogP contribution in [0.15, 0.2) is 47.0 Å². The topological polar surface area (TPSA) is 77.7 Å². The maximum absolute atomic E-state index is 12.5. The van der Waals surface area contributed by atoms with E-state index >= 15 is 0 Å². The van der Waals surface area contributed by atoms with E-state index in [0.717, 1.165) is 11.1 Å². The molecule has 0 atom stereocenters. The summed E-state index contributed by atoms with van der Waals surface area (Å²) in [4.78, 5) is 18.6. The van der Waals surface area contributed by atoms with Crippen molar-refractivity contribution in [1.82, 2.24) is 10.1 Å². The van der Waals surface area contributed by atoms with E-state index in [9.17, 15) is 4.79 Å². The van der Waals surface area contributed by atoms with Crippen LogP contribution in [0.4, 0.5) is 5.69 Å². The number of nitrogens with zero attached hydrogens (tertiary/aromatic N) is 3. The highest BCUT2D eigenvalue weighted by molar-refractivity contribution is 5.97. The number of aromatic nitrogens is 2. The van der Waals surface area contributed by atoms with Gasteiger partial charge in [0, 0.05) is 5.56 Å². The number of hydrogen-bond donors (Lipinski definition) is 0. The summed E-state index contributed by atoms with van der Waals surface area (Å²) in [6.07, 6.45) is 0. The van der Waals surface area contributed by atoms with Crippen LogP contribution in [0.3, 0.4) is 0 Å².